The first-order valence-electron chi connectivity index (χ1n) is 7.69. The molecule has 0 saturated carbocycles. The van der Waals surface area contributed by atoms with E-state index in [1.165, 1.54) is 0 Å². The smallest absolute Gasteiger partial charge is 0.226 e. The highest BCUT2D eigenvalue weighted by Crippen LogP contribution is 2.26. The summed E-state index contributed by atoms with van der Waals surface area (Å²) in [6.45, 7) is 3.80. The van der Waals surface area contributed by atoms with E-state index < -0.39 is 0 Å². The molecule has 20 heavy (non-hydrogen) atoms. The Morgan fingerprint density at radius 2 is 2.25 bits per heavy atom. The van der Waals surface area contributed by atoms with Crippen molar-refractivity contribution < 1.29 is 4.79 Å². The Kier molecular flexibility index (Phi) is 3.90. The lowest BCUT2D eigenvalue weighted by Gasteiger charge is -2.36. The molecule has 0 N–H and O–H groups in total. The van der Waals surface area contributed by atoms with E-state index in [9.17, 15) is 4.79 Å². The average Bonchev–Trinajstić information content (AvgIpc) is 2.94. The fourth-order valence-corrected chi connectivity index (χ4v) is 3.43. The van der Waals surface area contributed by atoms with Crippen LogP contribution in [0.15, 0.2) is 24.5 Å². The summed E-state index contributed by atoms with van der Waals surface area (Å²) in [7, 11) is 0. The van der Waals surface area contributed by atoms with Gasteiger partial charge in [0.2, 0.25) is 5.91 Å². The Morgan fingerprint density at radius 1 is 1.35 bits per heavy atom. The maximum absolute atomic E-state index is 12.6. The van der Waals surface area contributed by atoms with E-state index in [1.807, 2.05) is 19.3 Å². The monoisotopic (exact) mass is 273 g/mol. The number of rotatable bonds is 2. The Morgan fingerprint density at radius 3 is 2.95 bits per heavy atom. The molecule has 0 unspecified atom stereocenters. The van der Waals surface area contributed by atoms with Gasteiger partial charge in [-0.3, -0.25) is 4.79 Å². The van der Waals surface area contributed by atoms with Crippen molar-refractivity contribution >= 4 is 5.91 Å². The lowest BCUT2D eigenvalue weighted by molar-refractivity contribution is -0.137. The molecule has 4 nitrogen and oxygen atoms in total. The second-order valence-corrected chi connectivity index (χ2v) is 5.94. The highest BCUT2D eigenvalue weighted by Gasteiger charge is 2.29. The second-order valence-electron chi connectivity index (χ2n) is 5.94. The summed E-state index contributed by atoms with van der Waals surface area (Å²) in [6.07, 6.45) is 13.5. The minimum absolute atomic E-state index is 0.211. The summed E-state index contributed by atoms with van der Waals surface area (Å²) in [4.78, 5) is 19.0. The fourth-order valence-electron chi connectivity index (χ4n) is 3.43. The van der Waals surface area contributed by atoms with E-state index in [-0.39, 0.29) is 5.92 Å². The standard InChI is InChI=1S/C16H23N3O/c1-13-17-9-11-19(13)15-8-5-10-18(12-15)16(20)14-6-3-2-4-7-14/h2-3,9,11,14-15H,4-8,10,12H2,1H3/t14-,15+/m1/s1. The molecule has 0 aromatic carbocycles. The van der Waals surface area contributed by atoms with Gasteiger partial charge in [-0.2, -0.15) is 0 Å². The van der Waals surface area contributed by atoms with Crippen LogP contribution in [-0.2, 0) is 4.79 Å². The van der Waals surface area contributed by atoms with Crippen LogP contribution >= 0.6 is 0 Å². The van der Waals surface area contributed by atoms with Gasteiger partial charge in [-0.25, -0.2) is 4.98 Å². The Balaban J connectivity index is 1.67. The number of hydrogen-bond acceptors (Lipinski definition) is 2. The number of piperidine rings is 1. The number of amides is 1. The van der Waals surface area contributed by atoms with Gasteiger partial charge in [0.25, 0.3) is 0 Å². The molecular weight excluding hydrogens is 250 g/mol. The van der Waals surface area contributed by atoms with Crippen molar-refractivity contribution in [1.82, 2.24) is 14.5 Å². The molecule has 0 spiro atoms. The topological polar surface area (TPSA) is 38.1 Å². The molecule has 108 valence electrons. The number of imidazole rings is 1. The molecule has 0 bridgehead atoms. The zero-order valence-corrected chi connectivity index (χ0v) is 12.2. The van der Waals surface area contributed by atoms with Crippen molar-refractivity contribution in [2.75, 3.05) is 13.1 Å². The molecule has 1 aliphatic heterocycles. The summed E-state index contributed by atoms with van der Waals surface area (Å²) in [5.74, 6) is 1.62. The number of carbonyl (C=O) groups excluding carboxylic acids is 1. The predicted octanol–water partition coefficient (Wildman–Crippen LogP) is 2.71. The van der Waals surface area contributed by atoms with Crippen molar-refractivity contribution in [2.45, 2.75) is 45.1 Å². The summed E-state index contributed by atoms with van der Waals surface area (Å²) in [5, 5.41) is 0. The summed E-state index contributed by atoms with van der Waals surface area (Å²) in [5.41, 5.74) is 0. The molecule has 1 aromatic heterocycles. The molecule has 4 heteroatoms. The summed E-state index contributed by atoms with van der Waals surface area (Å²) in [6, 6.07) is 0.398. The van der Waals surface area contributed by atoms with Gasteiger partial charge in [-0.1, -0.05) is 12.2 Å². The zero-order valence-electron chi connectivity index (χ0n) is 12.2. The molecule has 1 aliphatic carbocycles. The average molecular weight is 273 g/mol. The van der Waals surface area contributed by atoms with Crippen molar-refractivity contribution in [3.8, 4) is 0 Å². The Bertz CT molecular complexity index is 506. The van der Waals surface area contributed by atoms with Crippen molar-refractivity contribution in [2.24, 2.45) is 5.92 Å². The highest BCUT2D eigenvalue weighted by molar-refractivity contribution is 5.79. The number of carbonyl (C=O) groups is 1. The van der Waals surface area contributed by atoms with E-state index in [2.05, 4.69) is 26.6 Å². The molecule has 2 atom stereocenters. The van der Waals surface area contributed by atoms with E-state index in [4.69, 9.17) is 0 Å². The first-order valence-corrected chi connectivity index (χ1v) is 7.69. The van der Waals surface area contributed by atoms with Gasteiger partial charge in [0.15, 0.2) is 0 Å². The molecule has 2 heterocycles. The van der Waals surface area contributed by atoms with Gasteiger partial charge in [-0.05, 0) is 39.0 Å². The van der Waals surface area contributed by atoms with Gasteiger partial charge in [-0.15, -0.1) is 0 Å². The fraction of sp³-hybridized carbons (Fsp3) is 0.625. The van der Waals surface area contributed by atoms with Crippen molar-refractivity contribution in [3.63, 3.8) is 0 Å². The highest BCUT2D eigenvalue weighted by atomic mass is 16.2. The lowest BCUT2D eigenvalue weighted by atomic mass is 9.92. The number of aromatic nitrogens is 2. The molecule has 2 aliphatic rings. The molecule has 0 radical (unpaired) electrons. The molecule has 1 amide bonds. The molecular formula is C16H23N3O. The van der Waals surface area contributed by atoms with Crippen LogP contribution in [-0.4, -0.2) is 33.4 Å². The number of aryl methyl sites for hydroxylation is 1. The first-order chi connectivity index (χ1) is 9.75. The lowest BCUT2D eigenvalue weighted by Crippen LogP contribution is -2.43. The van der Waals surface area contributed by atoms with E-state index in [0.717, 1.165) is 51.0 Å². The van der Waals surface area contributed by atoms with Crippen LogP contribution in [0.25, 0.3) is 0 Å². The number of hydrogen-bond donors (Lipinski definition) is 0. The third-order valence-corrected chi connectivity index (χ3v) is 4.58. The van der Waals surface area contributed by atoms with Gasteiger partial charge >= 0.3 is 0 Å². The maximum Gasteiger partial charge on any atom is 0.226 e. The molecule has 1 fully saturated rings. The van der Waals surface area contributed by atoms with Crippen LogP contribution in [0.5, 0.6) is 0 Å². The summed E-state index contributed by atoms with van der Waals surface area (Å²) < 4.78 is 2.22. The third kappa shape index (κ3) is 2.65. The van der Waals surface area contributed by atoms with Gasteiger partial charge in [0.05, 0.1) is 6.04 Å². The van der Waals surface area contributed by atoms with Gasteiger partial charge in [0, 0.05) is 31.4 Å². The SMILES string of the molecule is Cc1nccn1[C@H]1CCCN(C(=O)[C@@H]2CC=CCC2)C1. The van der Waals surface area contributed by atoms with Crippen molar-refractivity contribution in [1.29, 1.82) is 0 Å². The van der Waals surface area contributed by atoms with E-state index in [0.29, 0.717) is 11.9 Å². The molecule has 1 saturated heterocycles. The molecule has 1 aromatic rings. The van der Waals surface area contributed by atoms with Crippen molar-refractivity contribution in [3.05, 3.63) is 30.4 Å². The number of allylic oxidation sites excluding steroid dienone is 2. The van der Waals surface area contributed by atoms with Crippen LogP contribution in [0, 0.1) is 12.8 Å². The maximum atomic E-state index is 12.6. The Hall–Kier alpha value is -1.58. The van der Waals surface area contributed by atoms with Crippen LogP contribution < -0.4 is 0 Å². The quantitative estimate of drug-likeness (QED) is 0.777. The van der Waals surface area contributed by atoms with Gasteiger partial charge < -0.3 is 9.47 Å². The van der Waals surface area contributed by atoms with Gasteiger partial charge in [0.1, 0.15) is 5.82 Å². The van der Waals surface area contributed by atoms with E-state index in [1.54, 1.807) is 0 Å². The van der Waals surface area contributed by atoms with E-state index >= 15 is 0 Å². The van der Waals surface area contributed by atoms with Crippen LogP contribution in [0.2, 0.25) is 0 Å². The largest absolute Gasteiger partial charge is 0.340 e. The normalized spacial score (nSPS) is 26.8. The predicted molar refractivity (Wildman–Crippen MR) is 78.3 cm³/mol. The zero-order chi connectivity index (χ0) is 13.9. The first kappa shape index (κ1) is 13.4. The minimum atomic E-state index is 0.211. The molecule has 3 rings (SSSR count). The Labute approximate surface area is 120 Å². The third-order valence-electron chi connectivity index (χ3n) is 4.58. The van der Waals surface area contributed by atoms with Crippen LogP contribution in [0.1, 0.15) is 44.0 Å². The second kappa shape index (κ2) is 5.81. The van der Waals surface area contributed by atoms with Crippen LogP contribution in [0.4, 0.5) is 0 Å². The summed E-state index contributed by atoms with van der Waals surface area (Å²) >= 11 is 0. The van der Waals surface area contributed by atoms with Crippen LogP contribution in [0.3, 0.4) is 0 Å². The minimum Gasteiger partial charge on any atom is -0.340 e. The number of nitrogens with zero attached hydrogens (tertiary/aromatic N) is 3. The number of likely N-dealkylation sites (tertiary alicyclic amines) is 1.